The Hall–Kier alpha value is -3.23. The Morgan fingerprint density at radius 2 is 1.62 bits per heavy atom. The first kappa shape index (κ1) is 31.7. The molecule has 8 heteroatoms. The topological polar surface area (TPSA) is 99.1 Å². The van der Waals surface area contributed by atoms with Crippen LogP contribution in [0.3, 0.4) is 0 Å². The van der Waals surface area contributed by atoms with Crippen LogP contribution in [0.15, 0.2) is 60.2 Å². The number of hydrogen-bond donors (Lipinski definition) is 3. The highest BCUT2D eigenvalue weighted by Crippen LogP contribution is 2.47. The van der Waals surface area contributed by atoms with Crippen LogP contribution < -0.4 is 10.1 Å². The number of unbranched alkanes of at least 4 members (excludes halogenated alkanes) is 8. The number of rotatable bonds is 16. The lowest BCUT2D eigenvalue weighted by atomic mass is 9.77. The van der Waals surface area contributed by atoms with Crippen molar-refractivity contribution < 1.29 is 28.9 Å². The number of amides is 2. The van der Waals surface area contributed by atoms with Gasteiger partial charge in [-0.3, -0.25) is 9.59 Å². The number of ether oxygens (including phenoxy) is 1. The Kier molecular flexibility index (Phi) is 12.0. The monoisotopic (exact) mass is 580 g/mol. The van der Waals surface area contributed by atoms with Crippen LogP contribution in [-0.4, -0.2) is 58.3 Å². The van der Waals surface area contributed by atoms with Gasteiger partial charge in [-0.15, -0.1) is 0 Å². The van der Waals surface area contributed by atoms with Crippen LogP contribution in [0, 0.1) is 5.82 Å². The van der Waals surface area contributed by atoms with Gasteiger partial charge in [0.2, 0.25) is 11.8 Å². The Morgan fingerprint density at radius 3 is 2.31 bits per heavy atom. The minimum Gasteiger partial charge on any atom is -0.486 e. The van der Waals surface area contributed by atoms with Crippen LogP contribution in [-0.2, 0) is 16.1 Å². The highest BCUT2D eigenvalue weighted by Gasteiger charge is 2.50. The Morgan fingerprint density at radius 1 is 0.952 bits per heavy atom. The third-order valence-corrected chi connectivity index (χ3v) is 8.32. The molecule has 1 heterocycles. The number of fused-ring (bicyclic) bond motifs is 3. The first-order chi connectivity index (χ1) is 20.4. The van der Waals surface area contributed by atoms with Gasteiger partial charge in [0.1, 0.15) is 23.8 Å². The summed E-state index contributed by atoms with van der Waals surface area (Å²) in [4.78, 5) is 28.7. The molecule has 2 aliphatic rings. The number of para-hydroxylation sites is 1. The number of nitrogens with one attached hydrogen (secondary N) is 1. The minimum absolute atomic E-state index is 0.0834. The van der Waals surface area contributed by atoms with Crippen molar-refractivity contribution in [2.24, 2.45) is 0 Å². The molecule has 2 aromatic carbocycles. The van der Waals surface area contributed by atoms with E-state index in [2.05, 4.69) is 12.2 Å². The molecule has 2 amide bonds. The van der Waals surface area contributed by atoms with Crippen LogP contribution >= 0.6 is 0 Å². The van der Waals surface area contributed by atoms with Crippen LogP contribution in [0.4, 0.5) is 4.39 Å². The zero-order chi connectivity index (χ0) is 29.9. The van der Waals surface area contributed by atoms with Gasteiger partial charge in [-0.1, -0.05) is 88.6 Å². The largest absolute Gasteiger partial charge is 0.486 e. The highest BCUT2D eigenvalue weighted by molar-refractivity contribution is 5.96. The van der Waals surface area contributed by atoms with Gasteiger partial charge < -0.3 is 25.2 Å². The van der Waals surface area contributed by atoms with E-state index in [1.807, 2.05) is 24.3 Å². The molecule has 0 radical (unpaired) electrons. The zero-order valence-electron chi connectivity index (χ0n) is 24.6. The molecule has 42 heavy (non-hydrogen) atoms. The maximum absolute atomic E-state index is 13.8. The van der Waals surface area contributed by atoms with Crippen molar-refractivity contribution in [3.8, 4) is 5.75 Å². The Bertz CT molecular complexity index is 1200. The molecule has 1 aliphatic heterocycles. The molecule has 2 aromatic rings. The molecule has 0 spiro atoms. The van der Waals surface area contributed by atoms with E-state index in [0.717, 1.165) is 36.8 Å². The minimum atomic E-state index is -1.09. The van der Waals surface area contributed by atoms with Crippen molar-refractivity contribution in [2.75, 3.05) is 13.2 Å². The van der Waals surface area contributed by atoms with Gasteiger partial charge in [0.05, 0.1) is 18.6 Å². The van der Waals surface area contributed by atoms with Gasteiger partial charge in [0, 0.05) is 30.6 Å². The molecule has 4 rings (SSSR count). The number of aliphatic hydroxyl groups is 2. The average Bonchev–Trinajstić information content (AvgIpc) is 3.39. The van der Waals surface area contributed by atoms with Crippen molar-refractivity contribution in [1.29, 1.82) is 0 Å². The summed E-state index contributed by atoms with van der Waals surface area (Å²) in [7, 11) is 0. The van der Waals surface area contributed by atoms with E-state index in [4.69, 9.17) is 4.74 Å². The summed E-state index contributed by atoms with van der Waals surface area (Å²) in [5.41, 5.74) is 1.92. The molecule has 0 saturated heterocycles. The van der Waals surface area contributed by atoms with Crippen LogP contribution in [0.5, 0.6) is 5.75 Å². The Labute approximate surface area is 248 Å². The van der Waals surface area contributed by atoms with Crippen LogP contribution in [0.25, 0.3) is 0 Å². The number of halogens is 1. The average molecular weight is 581 g/mol. The van der Waals surface area contributed by atoms with Gasteiger partial charge >= 0.3 is 0 Å². The molecule has 7 nitrogen and oxygen atoms in total. The zero-order valence-corrected chi connectivity index (χ0v) is 24.6. The van der Waals surface area contributed by atoms with Crippen molar-refractivity contribution in [3.05, 3.63) is 77.1 Å². The number of benzene rings is 2. The summed E-state index contributed by atoms with van der Waals surface area (Å²) in [5, 5.41) is 23.7. The summed E-state index contributed by atoms with van der Waals surface area (Å²) in [6.07, 6.45) is 10.3. The molecule has 1 aliphatic carbocycles. The van der Waals surface area contributed by atoms with E-state index in [1.165, 1.54) is 44.2 Å². The highest BCUT2D eigenvalue weighted by atomic mass is 19.1. The summed E-state index contributed by atoms with van der Waals surface area (Å²) < 4.78 is 19.9. The van der Waals surface area contributed by atoms with E-state index in [0.29, 0.717) is 17.7 Å². The summed E-state index contributed by atoms with van der Waals surface area (Å²) in [6.45, 7) is 2.24. The molecule has 0 fully saturated rings. The molecule has 4 unspecified atom stereocenters. The number of hydrogen-bond acceptors (Lipinski definition) is 5. The smallest absolute Gasteiger partial charge is 0.247 e. The number of carbonyl (C=O) groups excluding carboxylic acids is 2. The van der Waals surface area contributed by atoms with E-state index in [1.54, 1.807) is 23.1 Å². The molecule has 0 saturated carbocycles. The second kappa shape index (κ2) is 15.8. The predicted octanol–water partition coefficient (Wildman–Crippen LogP) is 5.40. The van der Waals surface area contributed by atoms with Crippen molar-refractivity contribution >= 4 is 11.8 Å². The van der Waals surface area contributed by atoms with Crippen LogP contribution in [0.2, 0.25) is 0 Å². The van der Waals surface area contributed by atoms with Crippen molar-refractivity contribution in [3.63, 3.8) is 0 Å². The lowest BCUT2D eigenvalue weighted by Crippen LogP contribution is -2.55. The van der Waals surface area contributed by atoms with Crippen LogP contribution in [0.1, 0.15) is 88.2 Å². The summed E-state index contributed by atoms with van der Waals surface area (Å²) in [6, 6.07) is 12.5. The quantitative estimate of drug-likeness (QED) is 0.231. The molecular formula is C34H45FN2O5. The molecular weight excluding hydrogens is 535 g/mol. The van der Waals surface area contributed by atoms with E-state index >= 15 is 0 Å². The molecule has 0 aromatic heterocycles. The maximum Gasteiger partial charge on any atom is 0.247 e. The van der Waals surface area contributed by atoms with Crippen molar-refractivity contribution in [2.45, 2.75) is 102 Å². The maximum atomic E-state index is 13.8. The summed E-state index contributed by atoms with van der Waals surface area (Å²) >= 11 is 0. The third-order valence-electron chi connectivity index (χ3n) is 8.32. The van der Waals surface area contributed by atoms with Gasteiger partial charge in [-0.05, 0) is 36.3 Å². The van der Waals surface area contributed by atoms with E-state index < -0.39 is 24.2 Å². The number of nitrogens with zero attached hydrogens (tertiary/aromatic N) is 1. The molecule has 0 bridgehead atoms. The summed E-state index contributed by atoms with van der Waals surface area (Å²) in [5.74, 6) is -0.784. The van der Waals surface area contributed by atoms with Gasteiger partial charge in [-0.25, -0.2) is 4.39 Å². The number of aliphatic hydroxyl groups excluding tert-OH is 2. The second-order valence-electron chi connectivity index (χ2n) is 11.4. The first-order valence-electron chi connectivity index (χ1n) is 15.5. The normalized spacial score (nSPS) is 20.7. The van der Waals surface area contributed by atoms with Gasteiger partial charge in [-0.2, -0.15) is 0 Å². The van der Waals surface area contributed by atoms with Gasteiger partial charge in [0.25, 0.3) is 0 Å². The molecule has 3 N–H and O–H groups in total. The van der Waals surface area contributed by atoms with Crippen molar-refractivity contribution in [1.82, 2.24) is 10.2 Å². The molecule has 4 atom stereocenters. The van der Waals surface area contributed by atoms with E-state index in [-0.39, 0.29) is 37.3 Å². The SMILES string of the molecule is CCCCCCCCCCCC(=O)N(Cc1ccc(F)cc1)C1C=C(C(=O)NCCO)C2c3ccccc3OC2C1O. The number of carbonyl (C=O) groups is 2. The third kappa shape index (κ3) is 7.98. The van der Waals surface area contributed by atoms with E-state index in [9.17, 15) is 24.2 Å². The fraction of sp³-hybridized carbons (Fsp3) is 0.529. The predicted molar refractivity (Wildman–Crippen MR) is 160 cm³/mol. The standard InChI is InChI=1S/C34H45FN2O5/c1-2-3-4-5-6-7-8-9-10-15-30(39)37(23-24-16-18-25(35)19-17-24)28-22-27(34(41)36-20-21-38)31-26-13-11-12-14-29(26)42-33(31)32(28)40/h11-14,16-19,22,28,31-33,38,40H,2-10,15,20-21,23H2,1H3,(H,36,41). The molecule has 228 valence electrons. The fourth-order valence-corrected chi connectivity index (χ4v) is 6.07. The fourth-order valence-electron chi connectivity index (χ4n) is 6.07. The lowest BCUT2D eigenvalue weighted by molar-refractivity contribution is -0.138. The Balaban J connectivity index is 1.54. The first-order valence-corrected chi connectivity index (χ1v) is 15.5. The second-order valence-corrected chi connectivity index (χ2v) is 11.4. The van der Waals surface area contributed by atoms with Gasteiger partial charge in [0.15, 0.2) is 0 Å². The lowest BCUT2D eigenvalue weighted by Gasteiger charge is -2.41.